The van der Waals surface area contributed by atoms with Crippen molar-refractivity contribution in [3.63, 3.8) is 0 Å². The van der Waals surface area contributed by atoms with Crippen LogP contribution in [0.1, 0.15) is 26.2 Å². The maximum Gasteiger partial charge on any atom is 0.332 e. The van der Waals surface area contributed by atoms with Gasteiger partial charge in [-0.3, -0.25) is 0 Å². The standard InChI is InChI=1S/C13H20N2O4/c1-9-3-2-6-15(8-9)13(18)14-7-10-4-5-11(19-10)12(16)17/h3,10-11H,2,4-8H2,1H3,(H,14,18)(H,16,17). The van der Waals surface area contributed by atoms with Crippen LogP contribution >= 0.6 is 0 Å². The maximum atomic E-state index is 11.9. The lowest BCUT2D eigenvalue weighted by Crippen LogP contribution is -2.45. The number of carbonyl (C=O) groups excluding carboxylic acids is 1. The molecule has 19 heavy (non-hydrogen) atoms. The first-order valence-corrected chi connectivity index (χ1v) is 6.63. The number of nitrogens with one attached hydrogen (secondary N) is 1. The van der Waals surface area contributed by atoms with E-state index in [9.17, 15) is 9.59 Å². The van der Waals surface area contributed by atoms with Gasteiger partial charge in [0.1, 0.15) is 0 Å². The minimum absolute atomic E-state index is 0.102. The van der Waals surface area contributed by atoms with Crippen LogP contribution in [0.5, 0.6) is 0 Å². The summed E-state index contributed by atoms with van der Waals surface area (Å²) in [6.07, 6.45) is 3.31. The minimum Gasteiger partial charge on any atom is -0.479 e. The van der Waals surface area contributed by atoms with Crippen LogP contribution in [-0.4, -0.2) is 53.8 Å². The zero-order valence-electron chi connectivity index (χ0n) is 11.1. The third-order valence-corrected chi connectivity index (χ3v) is 3.48. The van der Waals surface area contributed by atoms with Gasteiger partial charge in [-0.1, -0.05) is 11.6 Å². The van der Waals surface area contributed by atoms with Crippen molar-refractivity contribution in [2.75, 3.05) is 19.6 Å². The van der Waals surface area contributed by atoms with Crippen LogP contribution in [0.3, 0.4) is 0 Å². The Morgan fingerprint density at radius 1 is 1.53 bits per heavy atom. The number of carbonyl (C=O) groups is 2. The first-order valence-electron chi connectivity index (χ1n) is 6.63. The maximum absolute atomic E-state index is 11.9. The van der Waals surface area contributed by atoms with Crippen molar-refractivity contribution < 1.29 is 19.4 Å². The molecule has 2 N–H and O–H groups in total. The Morgan fingerprint density at radius 2 is 2.32 bits per heavy atom. The van der Waals surface area contributed by atoms with E-state index in [0.29, 0.717) is 25.9 Å². The molecule has 0 aromatic rings. The van der Waals surface area contributed by atoms with Crippen LogP contribution in [-0.2, 0) is 9.53 Å². The van der Waals surface area contributed by atoms with E-state index < -0.39 is 12.1 Å². The van der Waals surface area contributed by atoms with Gasteiger partial charge >= 0.3 is 12.0 Å². The van der Waals surface area contributed by atoms with Crippen LogP contribution in [0.4, 0.5) is 4.79 Å². The zero-order valence-corrected chi connectivity index (χ0v) is 11.1. The largest absolute Gasteiger partial charge is 0.479 e. The Hall–Kier alpha value is -1.56. The third-order valence-electron chi connectivity index (χ3n) is 3.48. The highest BCUT2D eigenvalue weighted by Gasteiger charge is 2.30. The summed E-state index contributed by atoms with van der Waals surface area (Å²) in [6.45, 7) is 3.78. The molecular formula is C13H20N2O4. The first kappa shape index (κ1) is 13.9. The molecule has 2 rings (SSSR count). The van der Waals surface area contributed by atoms with Gasteiger partial charge in [0.2, 0.25) is 0 Å². The van der Waals surface area contributed by atoms with Crippen molar-refractivity contribution in [2.24, 2.45) is 0 Å². The molecule has 2 aliphatic heterocycles. The van der Waals surface area contributed by atoms with E-state index >= 15 is 0 Å². The summed E-state index contributed by atoms with van der Waals surface area (Å²) in [5, 5.41) is 11.6. The summed E-state index contributed by atoms with van der Waals surface area (Å²) in [5.74, 6) is -0.925. The molecule has 2 aliphatic rings. The Balaban J connectivity index is 1.72. The molecule has 6 heteroatoms. The van der Waals surface area contributed by atoms with E-state index in [4.69, 9.17) is 9.84 Å². The van der Waals surface area contributed by atoms with Crippen LogP contribution in [0.2, 0.25) is 0 Å². The molecule has 2 atom stereocenters. The summed E-state index contributed by atoms with van der Waals surface area (Å²) in [5.41, 5.74) is 1.20. The summed E-state index contributed by atoms with van der Waals surface area (Å²) >= 11 is 0. The van der Waals surface area contributed by atoms with E-state index in [1.54, 1.807) is 4.90 Å². The number of carboxylic acid groups (broad SMARTS) is 1. The van der Waals surface area contributed by atoms with Crippen molar-refractivity contribution >= 4 is 12.0 Å². The predicted molar refractivity (Wildman–Crippen MR) is 68.9 cm³/mol. The first-order chi connectivity index (χ1) is 9.06. The van der Waals surface area contributed by atoms with Crippen LogP contribution in [0, 0.1) is 0 Å². The average Bonchev–Trinajstić information content (AvgIpc) is 2.85. The van der Waals surface area contributed by atoms with E-state index in [1.165, 1.54) is 5.57 Å². The lowest BCUT2D eigenvalue weighted by atomic mass is 10.1. The summed E-state index contributed by atoms with van der Waals surface area (Å²) in [4.78, 5) is 24.4. The van der Waals surface area contributed by atoms with Gasteiger partial charge in [0, 0.05) is 19.6 Å². The molecule has 0 saturated carbocycles. The highest BCUT2D eigenvalue weighted by molar-refractivity contribution is 5.75. The second-order valence-corrected chi connectivity index (χ2v) is 5.11. The molecule has 0 bridgehead atoms. The molecule has 0 spiro atoms. The molecule has 0 aliphatic carbocycles. The van der Waals surface area contributed by atoms with Crippen molar-refractivity contribution in [3.05, 3.63) is 11.6 Å². The van der Waals surface area contributed by atoms with Gasteiger partial charge in [-0.15, -0.1) is 0 Å². The normalized spacial score (nSPS) is 27.0. The molecular weight excluding hydrogens is 248 g/mol. The number of rotatable bonds is 3. The molecule has 1 fully saturated rings. The topological polar surface area (TPSA) is 78.9 Å². The van der Waals surface area contributed by atoms with E-state index in [-0.39, 0.29) is 12.1 Å². The number of hydrogen-bond donors (Lipinski definition) is 2. The highest BCUT2D eigenvalue weighted by Crippen LogP contribution is 2.19. The SMILES string of the molecule is CC1=CCCN(C(=O)NCC2CCC(C(=O)O)O2)C1. The molecule has 2 heterocycles. The number of aliphatic carboxylic acids is 1. The monoisotopic (exact) mass is 268 g/mol. The Labute approximate surface area is 112 Å². The molecule has 2 amide bonds. The smallest absolute Gasteiger partial charge is 0.332 e. The molecule has 0 radical (unpaired) electrons. The summed E-state index contributed by atoms with van der Waals surface area (Å²) in [7, 11) is 0. The van der Waals surface area contributed by atoms with Crippen LogP contribution < -0.4 is 5.32 Å². The second kappa shape index (κ2) is 6.06. The fraction of sp³-hybridized carbons (Fsp3) is 0.692. The van der Waals surface area contributed by atoms with Gasteiger partial charge in [0.15, 0.2) is 6.10 Å². The molecule has 0 aromatic carbocycles. The van der Waals surface area contributed by atoms with Gasteiger partial charge in [-0.2, -0.15) is 0 Å². The Kier molecular flexibility index (Phi) is 4.42. The van der Waals surface area contributed by atoms with Crippen molar-refractivity contribution in [3.8, 4) is 0 Å². The van der Waals surface area contributed by atoms with Crippen molar-refractivity contribution in [1.82, 2.24) is 10.2 Å². The van der Waals surface area contributed by atoms with E-state index in [2.05, 4.69) is 11.4 Å². The van der Waals surface area contributed by atoms with Crippen LogP contribution in [0.25, 0.3) is 0 Å². The van der Waals surface area contributed by atoms with Gasteiger partial charge in [-0.25, -0.2) is 9.59 Å². The number of urea groups is 1. The lowest BCUT2D eigenvalue weighted by molar-refractivity contribution is -0.149. The fourth-order valence-corrected chi connectivity index (χ4v) is 2.44. The number of hydrogen-bond acceptors (Lipinski definition) is 3. The highest BCUT2D eigenvalue weighted by atomic mass is 16.5. The van der Waals surface area contributed by atoms with Gasteiger partial charge < -0.3 is 20.1 Å². The van der Waals surface area contributed by atoms with E-state index in [0.717, 1.165) is 13.0 Å². The summed E-state index contributed by atoms with van der Waals surface area (Å²) < 4.78 is 5.34. The Bertz CT molecular complexity index is 394. The molecule has 0 aromatic heterocycles. The quantitative estimate of drug-likeness (QED) is 0.748. The minimum atomic E-state index is -0.925. The third kappa shape index (κ3) is 3.70. The fourth-order valence-electron chi connectivity index (χ4n) is 2.44. The van der Waals surface area contributed by atoms with Gasteiger partial charge in [0.05, 0.1) is 6.10 Å². The van der Waals surface area contributed by atoms with Crippen molar-refractivity contribution in [1.29, 1.82) is 0 Å². The molecule has 1 saturated heterocycles. The van der Waals surface area contributed by atoms with Crippen molar-refractivity contribution in [2.45, 2.75) is 38.4 Å². The predicted octanol–water partition coefficient (Wildman–Crippen LogP) is 0.980. The number of carboxylic acids is 1. The van der Waals surface area contributed by atoms with Crippen LogP contribution in [0.15, 0.2) is 11.6 Å². The van der Waals surface area contributed by atoms with E-state index in [1.807, 2.05) is 6.92 Å². The molecule has 6 nitrogen and oxygen atoms in total. The lowest BCUT2D eigenvalue weighted by Gasteiger charge is -2.27. The molecule has 106 valence electrons. The second-order valence-electron chi connectivity index (χ2n) is 5.11. The number of ether oxygens (including phenoxy) is 1. The van der Waals surface area contributed by atoms with Gasteiger partial charge in [-0.05, 0) is 26.2 Å². The average molecular weight is 268 g/mol. The summed E-state index contributed by atoms with van der Waals surface area (Å²) in [6, 6.07) is -0.102. The Morgan fingerprint density at radius 3 is 2.95 bits per heavy atom. The number of amides is 2. The van der Waals surface area contributed by atoms with Gasteiger partial charge in [0.25, 0.3) is 0 Å². The molecule has 2 unspecified atom stereocenters. The number of nitrogens with zero attached hydrogens (tertiary/aromatic N) is 1. The zero-order chi connectivity index (χ0) is 13.8.